The van der Waals surface area contributed by atoms with Crippen LogP contribution >= 0.6 is 11.3 Å². The van der Waals surface area contributed by atoms with Crippen LogP contribution in [0.1, 0.15) is 23.3 Å². The molecule has 0 radical (unpaired) electrons. The van der Waals surface area contributed by atoms with Gasteiger partial charge >= 0.3 is 6.18 Å². The third-order valence-electron chi connectivity index (χ3n) is 3.84. The number of halogens is 3. The summed E-state index contributed by atoms with van der Waals surface area (Å²) in [6, 6.07) is 6.99. The highest BCUT2D eigenvalue weighted by atomic mass is 32.1. The molecule has 2 heterocycles. The molecule has 0 aliphatic carbocycles. The Morgan fingerprint density at radius 3 is 2.60 bits per heavy atom. The second-order valence-corrected chi connectivity index (χ2v) is 6.46. The predicted molar refractivity (Wildman–Crippen MR) is 76.1 cm³/mol. The quantitative estimate of drug-likeness (QED) is 0.863. The number of thiophene rings is 1. The van der Waals surface area contributed by atoms with E-state index >= 15 is 0 Å². The molecule has 108 valence electrons. The first-order valence-electron chi connectivity index (χ1n) is 6.83. The number of hydrogen-bond acceptors (Lipinski definition) is 2. The van der Waals surface area contributed by atoms with Gasteiger partial charge in [0.25, 0.3) is 0 Å². The van der Waals surface area contributed by atoms with Gasteiger partial charge in [0.15, 0.2) is 0 Å². The molecule has 1 nitrogen and oxygen atoms in total. The highest BCUT2D eigenvalue weighted by molar-refractivity contribution is 7.19. The van der Waals surface area contributed by atoms with Crippen molar-refractivity contribution in [3.8, 4) is 0 Å². The molecule has 0 atom stereocenters. The highest BCUT2D eigenvalue weighted by Crippen LogP contribution is 2.38. The average molecular weight is 299 g/mol. The van der Waals surface area contributed by atoms with Gasteiger partial charge < -0.3 is 5.32 Å². The van der Waals surface area contributed by atoms with E-state index in [2.05, 4.69) is 5.32 Å². The Labute approximate surface area is 119 Å². The van der Waals surface area contributed by atoms with Crippen molar-refractivity contribution in [3.63, 3.8) is 0 Å². The predicted octanol–water partition coefficient (Wildman–Crippen LogP) is 4.46. The van der Waals surface area contributed by atoms with Gasteiger partial charge in [0.1, 0.15) is 4.88 Å². The van der Waals surface area contributed by atoms with Crippen molar-refractivity contribution in [3.05, 3.63) is 34.7 Å². The van der Waals surface area contributed by atoms with E-state index in [0.717, 1.165) is 49.3 Å². The van der Waals surface area contributed by atoms with Gasteiger partial charge in [0.2, 0.25) is 0 Å². The first kappa shape index (κ1) is 13.9. The van der Waals surface area contributed by atoms with Crippen molar-refractivity contribution in [2.75, 3.05) is 13.1 Å². The molecule has 1 aliphatic rings. The summed E-state index contributed by atoms with van der Waals surface area (Å²) in [5.41, 5.74) is 1.15. The minimum Gasteiger partial charge on any atom is -0.317 e. The number of alkyl halides is 3. The fourth-order valence-corrected chi connectivity index (χ4v) is 3.69. The van der Waals surface area contributed by atoms with Gasteiger partial charge in [-0.25, -0.2) is 0 Å². The molecule has 1 aromatic heterocycles. The van der Waals surface area contributed by atoms with Crippen LogP contribution in [0.3, 0.4) is 0 Å². The molecule has 1 saturated heterocycles. The molecule has 1 aliphatic heterocycles. The molecule has 0 bridgehead atoms. The summed E-state index contributed by atoms with van der Waals surface area (Å²) in [6.07, 6.45) is -0.974. The molecule has 1 N–H and O–H groups in total. The first-order chi connectivity index (χ1) is 9.52. The fourth-order valence-electron chi connectivity index (χ4n) is 2.78. The fraction of sp³-hybridized carbons (Fsp3) is 0.467. The molecule has 0 saturated carbocycles. The van der Waals surface area contributed by atoms with Crippen molar-refractivity contribution in [2.24, 2.45) is 5.92 Å². The summed E-state index contributed by atoms with van der Waals surface area (Å²) in [6.45, 7) is 2.09. The lowest BCUT2D eigenvalue weighted by Gasteiger charge is -2.22. The van der Waals surface area contributed by atoms with Crippen LogP contribution in [0.2, 0.25) is 0 Å². The van der Waals surface area contributed by atoms with Gasteiger partial charge in [-0.15, -0.1) is 11.3 Å². The van der Waals surface area contributed by atoms with Crippen LogP contribution in [0.25, 0.3) is 10.1 Å². The molecule has 2 aromatic rings. The third kappa shape index (κ3) is 2.99. The maximum absolute atomic E-state index is 12.7. The van der Waals surface area contributed by atoms with Crippen LogP contribution in [-0.4, -0.2) is 13.1 Å². The van der Waals surface area contributed by atoms with E-state index in [4.69, 9.17) is 0 Å². The number of fused-ring (bicyclic) bond motifs is 1. The summed E-state index contributed by atoms with van der Waals surface area (Å²) < 4.78 is 38.8. The van der Waals surface area contributed by atoms with Crippen molar-refractivity contribution >= 4 is 21.4 Å². The largest absolute Gasteiger partial charge is 0.425 e. The van der Waals surface area contributed by atoms with E-state index in [0.29, 0.717) is 16.0 Å². The topological polar surface area (TPSA) is 12.0 Å². The molecule has 5 heteroatoms. The summed E-state index contributed by atoms with van der Waals surface area (Å²) in [5, 5.41) is 4.04. The number of rotatable bonds is 2. The van der Waals surface area contributed by atoms with Gasteiger partial charge in [-0.1, -0.05) is 12.1 Å². The van der Waals surface area contributed by atoms with Gasteiger partial charge in [0, 0.05) is 4.70 Å². The van der Waals surface area contributed by atoms with Crippen molar-refractivity contribution in [1.82, 2.24) is 5.32 Å². The summed E-state index contributed by atoms with van der Waals surface area (Å²) in [5.74, 6) is 0.648. The van der Waals surface area contributed by atoms with Crippen LogP contribution in [0.5, 0.6) is 0 Å². The second kappa shape index (κ2) is 5.37. The average Bonchev–Trinajstić information content (AvgIpc) is 2.83. The maximum atomic E-state index is 12.7. The van der Waals surface area contributed by atoms with Crippen LogP contribution in [0, 0.1) is 5.92 Å². The molecule has 1 fully saturated rings. The molecule has 0 amide bonds. The molecule has 0 spiro atoms. The van der Waals surface area contributed by atoms with Gasteiger partial charge in [-0.05, 0) is 61.4 Å². The Balaban J connectivity index is 1.82. The normalized spacial score (nSPS) is 17.8. The summed E-state index contributed by atoms with van der Waals surface area (Å²) >= 11 is 0.824. The van der Waals surface area contributed by atoms with Crippen LogP contribution < -0.4 is 5.32 Å². The number of benzene rings is 1. The highest BCUT2D eigenvalue weighted by Gasteiger charge is 2.32. The van der Waals surface area contributed by atoms with E-state index in [1.165, 1.54) is 6.07 Å². The number of piperidine rings is 1. The van der Waals surface area contributed by atoms with Crippen LogP contribution in [0.4, 0.5) is 13.2 Å². The Hall–Kier alpha value is -1.07. The minimum absolute atomic E-state index is 0.508. The van der Waals surface area contributed by atoms with Crippen molar-refractivity contribution in [2.45, 2.75) is 25.4 Å². The Morgan fingerprint density at radius 1 is 1.15 bits per heavy atom. The maximum Gasteiger partial charge on any atom is 0.425 e. The molecular formula is C15H16F3NS. The van der Waals surface area contributed by atoms with Crippen LogP contribution in [0.15, 0.2) is 24.3 Å². The molecule has 1 aromatic carbocycles. The first-order valence-corrected chi connectivity index (χ1v) is 7.64. The lowest BCUT2D eigenvalue weighted by Crippen LogP contribution is -2.28. The Kier molecular flexibility index (Phi) is 3.73. The summed E-state index contributed by atoms with van der Waals surface area (Å²) in [4.78, 5) is -0.508. The zero-order valence-electron chi connectivity index (χ0n) is 11.0. The monoisotopic (exact) mass is 299 g/mol. The van der Waals surface area contributed by atoms with Crippen molar-refractivity contribution in [1.29, 1.82) is 0 Å². The minimum atomic E-state index is -4.24. The lowest BCUT2D eigenvalue weighted by atomic mass is 9.91. The van der Waals surface area contributed by atoms with E-state index in [1.54, 1.807) is 0 Å². The van der Waals surface area contributed by atoms with Gasteiger partial charge in [-0.2, -0.15) is 13.2 Å². The Bertz CT molecular complexity index is 597. The van der Waals surface area contributed by atoms with E-state index in [1.807, 2.05) is 18.2 Å². The van der Waals surface area contributed by atoms with Gasteiger partial charge in [-0.3, -0.25) is 0 Å². The Morgan fingerprint density at radius 2 is 1.90 bits per heavy atom. The van der Waals surface area contributed by atoms with E-state index in [9.17, 15) is 13.2 Å². The van der Waals surface area contributed by atoms with Crippen molar-refractivity contribution < 1.29 is 13.2 Å². The molecular weight excluding hydrogens is 283 g/mol. The zero-order chi connectivity index (χ0) is 14.2. The third-order valence-corrected chi connectivity index (χ3v) is 5.00. The standard InChI is InChI=1S/C15H16F3NS/c16-15(17,18)14-9-12-8-11(1-2-13(12)20-14)7-10-3-5-19-6-4-10/h1-2,8-10,19H,3-7H2. The van der Waals surface area contributed by atoms with E-state index in [-0.39, 0.29) is 0 Å². The van der Waals surface area contributed by atoms with Crippen LogP contribution in [-0.2, 0) is 12.6 Å². The van der Waals surface area contributed by atoms with E-state index < -0.39 is 11.1 Å². The zero-order valence-corrected chi connectivity index (χ0v) is 11.8. The number of nitrogens with one attached hydrogen (secondary N) is 1. The lowest BCUT2D eigenvalue weighted by molar-refractivity contribution is -0.134. The number of hydrogen-bond donors (Lipinski definition) is 1. The smallest absolute Gasteiger partial charge is 0.317 e. The van der Waals surface area contributed by atoms with Gasteiger partial charge in [0.05, 0.1) is 0 Å². The second-order valence-electron chi connectivity index (χ2n) is 5.38. The molecule has 0 unspecified atom stereocenters. The SMILES string of the molecule is FC(F)(F)c1cc2cc(CC3CCNCC3)ccc2s1. The summed E-state index contributed by atoms with van der Waals surface area (Å²) in [7, 11) is 0. The molecule has 20 heavy (non-hydrogen) atoms. The molecule has 3 rings (SSSR count).